The molecule has 0 aliphatic carbocycles. The molecule has 234 valence electrons. The minimum atomic E-state index is -0.743. The number of nitrogens with two attached hydrogens (primary N) is 1. The highest BCUT2D eigenvalue weighted by Gasteiger charge is 2.45. The van der Waals surface area contributed by atoms with Crippen LogP contribution in [0.4, 0.5) is 4.79 Å². The van der Waals surface area contributed by atoms with Crippen molar-refractivity contribution in [2.75, 3.05) is 19.6 Å². The number of piperazine rings is 1. The number of rotatable bonds is 7. The number of hydrogen-bond acceptors (Lipinski definition) is 6. The second-order valence-corrected chi connectivity index (χ2v) is 13.2. The van der Waals surface area contributed by atoms with Gasteiger partial charge in [0.15, 0.2) is 5.78 Å². The van der Waals surface area contributed by atoms with E-state index in [2.05, 4.69) is 21.2 Å². The highest BCUT2D eigenvalue weighted by Crippen LogP contribution is 2.46. The van der Waals surface area contributed by atoms with Crippen LogP contribution in [0, 0.1) is 0 Å². The standard InChI is InChI=1S/C33H33BrClN5O5/c1-33(2,3)45-26-16-21(25(41)17-27(36)42)8-13-24(26)31-38-29(19-4-9-22(34)10-5-19)30(20-6-11-23(35)12-7-20)40(31)32(44)39-15-14-37-28(43)18-39/h4-13,16,29-30H,14-15,17-18H2,1-3H3,(H2,36,42)(H,37,43)/t29-,30+/m0/s1. The molecule has 0 radical (unpaired) electrons. The molecule has 45 heavy (non-hydrogen) atoms. The van der Waals surface area contributed by atoms with E-state index in [4.69, 9.17) is 27.1 Å². The number of carbonyl (C=O) groups is 4. The third-order valence-corrected chi connectivity index (χ3v) is 8.08. The van der Waals surface area contributed by atoms with E-state index in [0.717, 1.165) is 15.6 Å². The summed E-state index contributed by atoms with van der Waals surface area (Å²) >= 11 is 9.77. The van der Waals surface area contributed by atoms with Crippen molar-refractivity contribution in [1.29, 1.82) is 0 Å². The topological polar surface area (TPSA) is 134 Å². The normalized spacial score (nSPS) is 18.3. The maximum absolute atomic E-state index is 14.5. The van der Waals surface area contributed by atoms with Crippen molar-refractivity contribution in [3.8, 4) is 5.75 Å². The molecular weight excluding hydrogens is 662 g/mol. The van der Waals surface area contributed by atoms with Crippen LogP contribution in [-0.2, 0) is 9.59 Å². The number of amides is 4. The van der Waals surface area contributed by atoms with Crippen LogP contribution < -0.4 is 15.8 Å². The molecule has 1 saturated heterocycles. The Morgan fingerprint density at radius 3 is 2.33 bits per heavy atom. The predicted octanol–water partition coefficient (Wildman–Crippen LogP) is 5.43. The Labute approximate surface area is 274 Å². The quantitative estimate of drug-likeness (QED) is 0.251. The third-order valence-electron chi connectivity index (χ3n) is 7.30. The maximum atomic E-state index is 14.5. The zero-order valence-electron chi connectivity index (χ0n) is 25.1. The van der Waals surface area contributed by atoms with Gasteiger partial charge in [-0.25, -0.2) is 4.79 Å². The van der Waals surface area contributed by atoms with Gasteiger partial charge in [0, 0.05) is 28.1 Å². The van der Waals surface area contributed by atoms with Crippen LogP contribution in [0.1, 0.15) is 66.3 Å². The Balaban J connectivity index is 1.72. The number of halogens is 2. The summed E-state index contributed by atoms with van der Waals surface area (Å²) in [4.78, 5) is 59.5. The number of carbonyl (C=O) groups excluding carboxylic acids is 4. The van der Waals surface area contributed by atoms with E-state index in [0.29, 0.717) is 35.3 Å². The van der Waals surface area contributed by atoms with E-state index in [1.54, 1.807) is 35.2 Å². The fourth-order valence-electron chi connectivity index (χ4n) is 5.36. The van der Waals surface area contributed by atoms with E-state index in [1.807, 2.05) is 57.2 Å². The summed E-state index contributed by atoms with van der Waals surface area (Å²) in [5, 5.41) is 3.31. The number of urea groups is 1. The van der Waals surface area contributed by atoms with Crippen molar-refractivity contribution in [2.45, 2.75) is 44.9 Å². The maximum Gasteiger partial charge on any atom is 0.326 e. The van der Waals surface area contributed by atoms with Gasteiger partial charge in [-0.15, -0.1) is 0 Å². The lowest BCUT2D eigenvalue weighted by molar-refractivity contribution is -0.123. The van der Waals surface area contributed by atoms with E-state index in [1.165, 1.54) is 4.90 Å². The van der Waals surface area contributed by atoms with Gasteiger partial charge in [-0.2, -0.15) is 0 Å². The summed E-state index contributed by atoms with van der Waals surface area (Å²) in [7, 11) is 0. The summed E-state index contributed by atoms with van der Waals surface area (Å²) in [6.07, 6.45) is -0.457. The molecular formula is C33H33BrClN5O5. The summed E-state index contributed by atoms with van der Waals surface area (Å²) in [6, 6.07) is 18.2. The highest BCUT2D eigenvalue weighted by atomic mass is 79.9. The number of aliphatic imine (C=N–C) groups is 1. The lowest BCUT2D eigenvalue weighted by atomic mass is 9.93. The lowest BCUT2D eigenvalue weighted by Gasteiger charge is -2.36. The lowest BCUT2D eigenvalue weighted by Crippen LogP contribution is -2.55. The average molecular weight is 695 g/mol. The summed E-state index contributed by atoms with van der Waals surface area (Å²) in [5.41, 5.74) is 6.94. The molecule has 2 aliphatic heterocycles. The van der Waals surface area contributed by atoms with E-state index in [-0.39, 0.29) is 18.0 Å². The van der Waals surface area contributed by atoms with Crippen molar-refractivity contribution in [1.82, 2.24) is 15.1 Å². The number of nitrogens with zero attached hydrogens (tertiary/aromatic N) is 3. The number of ether oxygens (including phenoxy) is 1. The zero-order valence-corrected chi connectivity index (χ0v) is 27.4. The Bertz CT molecular complexity index is 1670. The zero-order chi connectivity index (χ0) is 32.5. The Hall–Kier alpha value is -4.22. The molecule has 0 unspecified atom stereocenters. The van der Waals surface area contributed by atoms with Gasteiger partial charge >= 0.3 is 6.03 Å². The molecule has 10 nitrogen and oxygen atoms in total. The Morgan fingerprint density at radius 1 is 1.04 bits per heavy atom. The molecule has 1 fully saturated rings. The Kier molecular flexibility index (Phi) is 9.31. The molecule has 4 amide bonds. The van der Waals surface area contributed by atoms with Crippen molar-refractivity contribution >= 4 is 57.0 Å². The van der Waals surface area contributed by atoms with Gasteiger partial charge in [-0.3, -0.25) is 24.3 Å². The van der Waals surface area contributed by atoms with Crippen molar-refractivity contribution in [3.05, 3.63) is 98.5 Å². The summed E-state index contributed by atoms with van der Waals surface area (Å²) < 4.78 is 7.25. The van der Waals surface area contributed by atoms with Crippen LogP contribution in [0.15, 0.2) is 76.2 Å². The molecule has 0 spiro atoms. The number of ketones is 1. The third kappa shape index (κ3) is 7.37. The van der Waals surface area contributed by atoms with Crippen LogP contribution in [0.3, 0.4) is 0 Å². The Morgan fingerprint density at radius 2 is 1.71 bits per heavy atom. The van der Waals surface area contributed by atoms with Gasteiger partial charge in [0.2, 0.25) is 11.8 Å². The minimum Gasteiger partial charge on any atom is -0.487 e. The average Bonchev–Trinajstić information content (AvgIpc) is 3.36. The predicted molar refractivity (Wildman–Crippen MR) is 174 cm³/mol. The van der Waals surface area contributed by atoms with Crippen molar-refractivity contribution in [2.24, 2.45) is 10.7 Å². The SMILES string of the molecule is CC(C)(C)Oc1cc(C(=O)CC(N)=O)ccc1C1=N[C@@H](c2ccc(Br)cc2)[C@@H](c2ccc(Cl)cc2)N1C(=O)N1CCNC(=O)C1. The van der Waals surface area contributed by atoms with Crippen LogP contribution in [-0.4, -0.2) is 64.5 Å². The van der Waals surface area contributed by atoms with Gasteiger partial charge in [0.25, 0.3) is 0 Å². The molecule has 2 heterocycles. The smallest absolute Gasteiger partial charge is 0.326 e. The molecule has 0 bridgehead atoms. The van der Waals surface area contributed by atoms with Gasteiger partial charge in [0.05, 0.1) is 18.0 Å². The molecule has 3 aromatic carbocycles. The molecule has 0 saturated carbocycles. The fraction of sp³-hybridized carbons (Fsp3) is 0.303. The molecule has 2 aliphatic rings. The van der Waals surface area contributed by atoms with E-state index < -0.39 is 41.8 Å². The van der Waals surface area contributed by atoms with E-state index in [9.17, 15) is 19.2 Å². The second-order valence-electron chi connectivity index (χ2n) is 11.9. The molecule has 2 atom stereocenters. The summed E-state index contributed by atoms with van der Waals surface area (Å²) in [5.74, 6) is -0.842. The van der Waals surface area contributed by atoms with Gasteiger partial charge in [0.1, 0.15) is 29.8 Å². The van der Waals surface area contributed by atoms with Crippen molar-refractivity contribution in [3.63, 3.8) is 0 Å². The molecule has 0 aromatic heterocycles. The number of nitrogens with one attached hydrogen (secondary N) is 1. The molecule has 12 heteroatoms. The number of primary amides is 1. The van der Waals surface area contributed by atoms with Crippen LogP contribution in [0.2, 0.25) is 5.02 Å². The van der Waals surface area contributed by atoms with E-state index >= 15 is 0 Å². The minimum absolute atomic E-state index is 0.106. The van der Waals surface area contributed by atoms with Gasteiger partial charge in [-0.1, -0.05) is 57.9 Å². The second kappa shape index (κ2) is 13.0. The largest absolute Gasteiger partial charge is 0.487 e. The number of amidine groups is 1. The van der Waals surface area contributed by atoms with Crippen LogP contribution >= 0.6 is 27.5 Å². The number of Topliss-reactive ketones (excluding diaryl/α,β-unsaturated/α-hetero) is 1. The first-order valence-corrected chi connectivity index (χ1v) is 15.6. The summed E-state index contributed by atoms with van der Waals surface area (Å²) in [6.45, 7) is 6.12. The molecule has 5 rings (SSSR count). The highest BCUT2D eigenvalue weighted by molar-refractivity contribution is 9.10. The van der Waals surface area contributed by atoms with Gasteiger partial charge < -0.3 is 20.7 Å². The van der Waals surface area contributed by atoms with Crippen molar-refractivity contribution < 1.29 is 23.9 Å². The van der Waals surface area contributed by atoms with Crippen LogP contribution in [0.5, 0.6) is 5.75 Å². The monoisotopic (exact) mass is 693 g/mol. The first-order valence-electron chi connectivity index (χ1n) is 14.4. The number of hydrogen-bond donors (Lipinski definition) is 2. The fourth-order valence-corrected chi connectivity index (χ4v) is 5.75. The first kappa shape index (κ1) is 32.2. The first-order chi connectivity index (χ1) is 21.3. The molecule has 3 aromatic rings. The molecule has 3 N–H and O–H groups in total. The number of benzene rings is 3. The van der Waals surface area contributed by atoms with Gasteiger partial charge in [-0.05, 0) is 68.3 Å². The van der Waals surface area contributed by atoms with Crippen LogP contribution in [0.25, 0.3) is 0 Å².